The Balaban J connectivity index is 3.17. The van der Waals surface area contributed by atoms with Crippen LogP contribution < -0.4 is 11.3 Å². The maximum absolute atomic E-state index is 10.6. The number of nitrogen functional groups attached to an aromatic ring is 1. The van der Waals surface area contributed by atoms with Gasteiger partial charge in [0.05, 0.1) is 10.0 Å². The van der Waals surface area contributed by atoms with Gasteiger partial charge in [0, 0.05) is 6.20 Å². The molecule has 12 heavy (non-hydrogen) atoms. The number of nitrogens with one attached hydrogen (secondary N) is 1. The van der Waals surface area contributed by atoms with Crippen LogP contribution in [0.2, 0.25) is 0 Å². The lowest BCUT2D eigenvalue weighted by atomic mass is 10.3. The van der Waals surface area contributed by atoms with Crippen LogP contribution in [0.5, 0.6) is 0 Å². The van der Waals surface area contributed by atoms with E-state index < -0.39 is 5.97 Å². The molecule has 1 aromatic rings. The molecule has 4 N–H and O–H groups in total. The Morgan fingerprint density at radius 2 is 2.42 bits per heavy atom. The van der Waals surface area contributed by atoms with Crippen molar-refractivity contribution in [1.29, 1.82) is 0 Å². The van der Waals surface area contributed by atoms with Crippen molar-refractivity contribution in [1.82, 2.24) is 4.98 Å². The summed E-state index contributed by atoms with van der Waals surface area (Å²) in [6.45, 7) is 0. The summed E-state index contributed by atoms with van der Waals surface area (Å²) in [6.07, 6.45) is 1.37. The Bertz CT molecular complexity index is 316. The summed E-state index contributed by atoms with van der Waals surface area (Å²) < 4.78 is 0.425. The Morgan fingerprint density at radius 3 is 2.92 bits per heavy atom. The Hall–Kier alpha value is -1.14. The normalized spacial score (nSPS) is 9.50. The van der Waals surface area contributed by atoms with Crippen molar-refractivity contribution in [2.75, 3.05) is 5.43 Å². The largest absolute Gasteiger partial charge is 0.478 e. The maximum atomic E-state index is 10.6. The van der Waals surface area contributed by atoms with Gasteiger partial charge in [0.1, 0.15) is 5.82 Å². The fraction of sp³-hybridized carbons (Fsp3) is 0. The molecule has 64 valence electrons. The number of aromatic nitrogens is 1. The number of carbonyl (C=O) groups is 1. The minimum Gasteiger partial charge on any atom is -0.478 e. The van der Waals surface area contributed by atoms with Crippen molar-refractivity contribution in [3.05, 3.63) is 22.3 Å². The summed E-state index contributed by atoms with van der Waals surface area (Å²) in [6, 6.07) is 1.34. The van der Waals surface area contributed by atoms with Gasteiger partial charge in [-0.15, -0.1) is 0 Å². The second kappa shape index (κ2) is 3.51. The SMILES string of the molecule is NNc1cc(C(=O)O)c(Br)cn1. The van der Waals surface area contributed by atoms with Crippen molar-refractivity contribution < 1.29 is 9.90 Å². The van der Waals surface area contributed by atoms with Crippen LogP contribution in [0.4, 0.5) is 5.82 Å². The van der Waals surface area contributed by atoms with Gasteiger partial charge in [-0.05, 0) is 22.0 Å². The van der Waals surface area contributed by atoms with Crippen LogP contribution in [0.25, 0.3) is 0 Å². The minimum atomic E-state index is -1.03. The number of carboxylic acid groups (broad SMARTS) is 1. The van der Waals surface area contributed by atoms with Gasteiger partial charge in [-0.1, -0.05) is 0 Å². The third-order valence-electron chi connectivity index (χ3n) is 1.23. The van der Waals surface area contributed by atoms with Crippen LogP contribution in [0.15, 0.2) is 16.7 Å². The molecule has 1 aromatic heterocycles. The number of hydrogen-bond donors (Lipinski definition) is 3. The molecule has 0 saturated heterocycles. The topological polar surface area (TPSA) is 88.2 Å². The third-order valence-corrected chi connectivity index (χ3v) is 1.87. The average molecular weight is 232 g/mol. The van der Waals surface area contributed by atoms with E-state index in [4.69, 9.17) is 10.9 Å². The molecule has 1 heterocycles. The second-order valence-electron chi connectivity index (χ2n) is 2.00. The standard InChI is InChI=1S/C6H6BrN3O2/c7-4-2-9-5(10-8)1-3(4)6(11)12/h1-2H,8H2,(H,9,10)(H,11,12). The monoisotopic (exact) mass is 231 g/mol. The van der Waals surface area contributed by atoms with Crippen molar-refractivity contribution >= 4 is 27.7 Å². The zero-order chi connectivity index (χ0) is 9.14. The highest BCUT2D eigenvalue weighted by molar-refractivity contribution is 9.10. The Kier molecular flexibility index (Phi) is 2.61. The van der Waals surface area contributed by atoms with Crippen LogP contribution in [0.3, 0.4) is 0 Å². The summed E-state index contributed by atoms with van der Waals surface area (Å²) >= 11 is 3.05. The Labute approximate surface area is 76.7 Å². The van der Waals surface area contributed by atoms with E-state index in [1.54, 1.807) is 0 Å². The fourth-order valence-electron chi connectivity index (χ4n) is 0.682. The number of carboxylic acids is 1. The predicted molar refractivity (Wildman–Crippen MR) is 46.7 cm³/mol. The molecule has 0 amide bonds. The van der Waals surface area contributed by atoms with E-state index in [2.05, 4.69) is 26.3 Å². The summed E-state index contributed by atoms with van der Waals surface area (Å²) in [5, 5.41) is 8.66. The first-order valence-electron chi connectivity index (χ1n) is 3.00. The molecule has 6 heteroatoms. The van der Waals surface area contributed by atoms with E-state index in [9.17, 15) is 4.79 Å². The number of rotatable bonds is 2. The lowest BCUT2D eigenvalue weighted by molar-refractivity contribution is 0.0696. The molecule has 0 radical (unpaired) electrons. The van der Waals surface area contributed by atoms with Crippen molar-refractivity contribution in [2.24, 2.45) is 5.84 Å². The van der Waals surface area contributed by atoms with Crippen molar-refractivity contribution in [3.8, 4) is 0 Å². The molecule has 0 aliphatic carbocycles. The fourth-order valence-corrected chi connectivity index (χ4v) is 1.07. The third kappa shape index (κ3) is 1.72. The van der Waals surface area contributed by atoms with Crippen molar-refractivity contribution in [3.63, 3.8) is 0 Å². The van der Waals surface area contributed by atoms with Gasteiger partial charge in [-0.25, -0.2) is 15.6 Å². The first-order chi connectivity index (χ1) is 5.65. The average Bonchev–Trinajstić information content (AvgIpc) is 2.05. The number of hydrogen-bond acceptors (Lipinski definition) is 4. The second-order valence-corrected chi connectivity index (χ2v) is 2.85. The number of nitrogens with zero attached hydrogens (tertiary/aromatic N) is 1. The number of nitrogens with two attached hydrogens (primary N) is 1. The Morgan fingerprint density at radius 1 is 1.75 bits per heavy atom. The zero-order valence-corrected chi connectivity index (χ0v) is 7.50. The van der Waals surface area contributed by atoms with E-state index in [0.29, 0.717) is 10.3 Å². The molecule has 0 bridgehead atoms. The molecule has 0 aromatic carbocycles. The summed E-state index contributed by atoms with van der Waals surface area (Å²) in [7, 11) is 0. The zero-order valence-electron chi connectivity index (χ0n) is 5.91. The predicted octanol–water partition coefficient (Wildman–Crippen LogP) is 0.828. The van der Waals surface area contributed by atoms with Gasteiger partial charge in [0.15, 0.2) is 0 Å². The van der Waals surface area contributed by atoms with Crippen LogP contribution in [-0.4, -0.2) is 16.1 Å². The van der Waals surface area contributed by atoms with Gasteiger partial charge in [-0.3, -0.25) is 0 Å². The van der Waals surface area contributed by atoms with Gasteiger partial charge in [0.25, 0.3) is 0 Å². The molecule has 1 rings (SSSR count). The van der Waals surface area contributed by atoms with Gasteiger partial charge >= 0.3 is 5.97 Å². The van der Waals surface area contributed by atoms with Crippen LogP contribution in [0, 0.1) is 0 Å². The number of halogens is 1. The van der Waals surface area contributed by atoms with Crippen LogP contribution in [0.1, 0.15) is 10.4 Å². The van der Waals surface area contributed by atoms with Crippen LogP contribution in [-0.2, 0) is 0 Å². The van der Waals surface area contributed by atoms with Gasteiger partial charge in [-0.2, -0.15) is 0 Å². The molecule has 0 saturated carbocycles. The minimum absolute atomic E-state index is 0.123. The molecule has 0 unspecified atom stereocenters. The van der Waals surface area contributed by atoms with Gasteiger partial charge in [0.2, 0.25) is 0 Å². The van der Waals surface area contributed by atoms with E-state index in [-0.39, 0.29) is 5.56 Å². The smallest absolute Gasteiger partial charge is 0.337 e. The number of pyridine rings is 1. The van der Waals surface area contributed by atoms with E-state index in [1.807, 2.05) is 0 Å². The number of anilines is 1. The molecule has 0 spiro atoms. The van der Waals surface area contributed by atoms with Crippen molar-refractivity contribution in [2.45, 2.75) is 0 Å². The molecular formula is C6H6BrN3O2. The highest BCUT2D eigenvalue weighted by Gasteiger charge is 2.08. The first-order valence-corrected chi connectivity index (χ1v) is 3.80. The lowest BCUT2D eigenvalue weighted by Gasteiger charge is -2.01. The molecule has 0 aliphatic heterocycles. The highest BCUT2D eigenvalue weighted by Crippen LogP contribution is 2.17. The maximum Gasteiger partial charge on any atom is 0.337 e. The molecule has 5 nitrogen and oxygen atoms in total. The lowest BCUT2D eigenvalue weighted by Crippen LogP contribution is -2.10. The van der Waals surface area contributed by atoms with E-state index in [0.717, 1.165) is 0 Å². The summed E-state index contributed by atoms with van der Waals surface area (Å²) in [4.78, 5) is 14.4. The molecule has 0 aliphatic rings. The quantitative estimate of drug-likeness (QED) is 0.519. The van der Waals surface area contributed by atoms with Gasteiger partial charge < -0.3 is 10.5 Å². The van der Waals surface area contributed by atoms with E-state index >= 15 is 0 Å². The molecular weight excluding hydrogens is 226 g/mol. The highest BCUT2D eigenvalue weighted by atomic mass is 79.9. The molecule has 0 fully saturated rings. The van der Waals surface area contributed by atoms with Crippen LogP contribution >= 0.6 is 15.9 Å². The number of aromatic carboxylic acids is 1. The number of hydrazine groups is 1. The summed E-state index contributed by atoms with van der Waals surface area (Å²) in [5.41, 5.74) is 2.38. The first kappa shape index (κ1) is 8.95. The molecule has 0 atom stereocenters. The summed E-state index contributed by atoms with van der Waals surface area (Å²) in [5.74, 6) is 4.34. The van der Waals surface area contributed by atoms with E-state index in [1.165, 1.54) is 12.3 Å².